The summed E-state index contributed by atoms with van der Waals surface area (Å²) < 4.78 is 11.7. The maximum absolute atomic E-state index is 11.7. The SMILES string of the molecule is CO.N=C(/C=C\C(N)=C\O)N1CCC(COF)CC1. The van der Waals surface area contributed by atoms with E-state index in [1.54, 1.807) is 0 Å². The number of amidine groups is 1. The molecule has 0 atom stereocenters. The second kappa shape index (κ2) is 10.3. The Balaban J connectivity index is 0.00000154. The highest BCUT2D eigenvalue weighted by atomic mass is 19.3. The van der Waals surface area contributed by atoms with Crippen molar-refractivity contribution in [1.29, 1.82) is 5.41 Å². The molecule has 1 aliphatic rings. The molecule has 6 nitrogen and oxygen atoms in total. The van der Waals surface area contributed by atoms with Gasteiger partial charge in [0.2, 0.25) is 0 Å². The average Bonchev–Trinajstić information content (AvgIpc) is 2.47. The molecule has 1 aliphatic heterocycles. The monoisotopic (exact) mass is 275 g/mol. The summed E-state index contributed by atoms with van der Waals surface area (Å²) in [5.74, 6) is 0.574. The third-order valence-electron chi connectivity index (χ3n) is 2.84. The molecule has 1 saturated heterocycles. The molecular weight excluding hydrogens is 253 g/mol. The lowest BCUT2D eigenvalue weighted by Crippen LogP contribution is -2.38. The molecule has 1 fully saturated rings. The van der Waals surface area contributed by atoms with Gasteiger partial charge in [-0.15, -0.1) is 0 Å². The summed E-state index contributed by atoms with van der Waals surface area (Å²) in [4.78, 5) is 5.52. The molecule has 110 valence electrons. The Morgan fingerprint density at radius 2 is 2.00 bits per heavy atom. The maximum atomic E-state index is 11.7. The van der Waals surface area contributed by atoms with E-state index < -0.39 is 0 Å². The number of nitrogens with zero attached hydrogens (tertiary/aromatic N) is 1. The van der Waals surface area contributed by atoms with Gasteiger partial charge in [0.1, 0.15) is 12.1 Å². The fourth-order valence-electron chi connectivity index (χ4n) is 1.75. The van der Waals surface area contributed by atoms with Gasteiger partial charge in [-0.1, -0.05) is 0 Å². The zero-order valence-corrected chi connectivity index (χ0v) is 11.1. The lowest BCUT2D eigenvalue weighted by Gasteiger charge is -2.32. The summed E-state index contributed by atoms with van der Waals surface area (Å²) in [5, 5.41) is 23.4. The summed E-state index contributed by atoms with van der Waals surface area (Å²) >= 11 is 0. The standard InChI is InChI=1S/C11H18FN3O2.CH4O/c12-17-8-9-3-5-15(6-4-9)11(14)2-1-10(13)7-16;1-2/h1-2,7,9,14,16H,3-6,8,13H2;2H,1H3/b2-1-,10-7-,14-11?;. The van der Waals surface area contributed by atoms with Crippen molar-refractivity contribution in [2.75, 3.05) is 26.8 Å². The highest BCUT2D eigenvalue weighted by Gasteiger charge is 2.20. The molecule has 0 aromatic carbocycles. The second-order valence-electron chi connectivity index (χ2n) is 4.05. The van der Waals surface area contributed by atoms with Gasteiger partial charge in [0.25, 0.3) is 0 Å². The van der Waals surface area contributed by atoms with Gasteiger partial charge in [0.05, 0.1) is 12.3 Å². The molecule has 0 radical (unpaired) electrons. The van der Waals surface area contributed by atoms with Crippen molar-refractivity contribution in [2.24, 2.45) is 11.7 Å². The van der Waals surface area contributed by atoms with Crippen molar-refractivity contribution >= 4 is 5.84 Å². The van der Waals surface area contributed by atoms with Crippen LogP contribution in [0.4, 0.5) is 4.53 Å². The predicted octanol–water partition coefficient (Wildman–Crippen LogP) is 1.10. The van der Waals surface area contributed by atoms with Crippen LogP contribution in [0, 0.1) is 11.3 Å². The van der Waals surface area contributed by atoms with Gasteiger partial charge in [-0.25, -0.2) is 0 Å². The van der Waals surface area contributed by atoms with E-state index >= 15 is 0 Å². The third-order valence-corrected chi connectivity index (χ3v) is 2.84. The Labute approximate surface area is 112 Å². The minimum atomic E-state index is 0.136. The van der Waals surface area contributed by atoms with E-state index in [2.05, 4.69) is 4.94 Å². The number of aliphatic hydroxyl groups is 2. The molecule has 0 aliphatic carbocycles. The van der Waals surface area contributed by atoms with Crippen LogP contribution in [0.15, 0.2) is 24.1 Å². The summed E-state index contributed by atoms with van der Waals surface area (Å²) in [6, 6.07) is 0. The topological polar surface area (TPSA) is 103 Å². The van der Waals surface area contributed by atoms with E-state index in [0.717, 1.165) is 26.2 Å². The highest BCUT2D eigenvalue weighted by Crippen LogP contribution is 2.17. The van der Waals surface area contributed by atoms with Crippen LogP contribution in [0.5, 0.6) is 0 Å². The third kappa shape index (κ3) is 6.78. The lowest BCUT2D eigenvalue weighted by atomic mass is 9.98. The molecule has 0 bridgehead atoms. The van der Waals surface area contributed by atoms with Crippen molar-refractivity contribution in [2.45, 2.75) is 12.8 Å². The smallest absolute Gasteiger partial charge is 0.120 e. The molecule has 1 rings (SSSR count). The van der Waals surface area contributed by atoms with Crippen LogP contribution >= 0.6 is 0 Å². The molecule has 0 saturated carbocycles. The molecule has 0 unspecified atom stereocenters. The van der Waals surface area contributed by atoms with Gasteiger partial charge in [-0.2, -0.15) is 4.94 Å². The first-order valence-corrected chi connectivity index (χ1v) is 5.97. The van der Waals surface area contributed by atoms with Gasteiger partial charge in [0.15, 0.2) is 0 Å². The number of nitrogens with one attached hydrogen (secondary N) is 1. The highest BCUT2D eigenvalue weighted by molar-refractivity contribution is 5.90. The number of allylic oxidation sites excluding steroid dienone is 1. The molecule has 7 heteroatoms. The van der Waals surface area contributed by atoms with Gasteiger partial charge in [-0.05, 0) is 35.4 Å². The van der Waals surface area contributed by atoms with Gasteiger partial charge in [-0.3, -0.25) is 5.41 Å². The van der Waals surface area contributed by atoms with E-state index in [9.17, 15) is 4.53 Å². The number of hydrogen-bond acceptors (Lipinski definition) is 5. The average molecular weight is 275 g/mol. The van der Waals surface area contributed by atoms with Gasteiger partial charge >= 0.3 is 0 Å². The number of nitrogens with two attached hydrogens (primary N) is 1. The van der Waals surface area contributed by atoms with E-state index in [-0.39, 0.29) is 18.2 Å². The van der Waals surface area contributed by atoms with E-state index in [1.165, 1.54) is 12.2 Å². The normalized spacial score (nSPS) is 17.2. The van der Waals surface area contributed by atoms with Gasteiger partial charge in [0, 0.05) is 20.2 Å². The van der Waals surface area contributed by atoms with Crippen LogP contribution in [0.3, 0.4) is 0 Å². The van der Waals surface area contributed by atoms with Crippen molar-refractivity contribution in [1.82, 2.24) is 4.90 Å². The molecule has 1 heterocycles. The first-order valence-electron chi connectivity index (χ1n) is 5.97. The zero-order valence-electron chi connectivity index (χ0n) is 11.1. The van der Waals surface area contributed by atoms with Crippen LogP contribution in [-0.2, 0) is 4.94 Å². The summed E-state index contributed by atoms with van der Waals surface area (Å²) in [5.41, 5.74) is 5.57. The first kappa shape index (κ1) is 17.4. The van der Waals surface area contributed by atoms with Crippen molar-refractivity contribution in [3.8, 4) is 0 Å². The number of rotatable bonds is 4. The molecule has 5 N–H and O–H groups in total. The van der Waals surface area contributed by atoms with Crippen molar-refractivity contribution in [3.63, 3.8) is 0 Å². The number of piperidine rings is 1. The van der Waals surface area contributed by atoms with Crippen LogP contribution in [0.1, 0.15) is 12.8 Å². The van der Waals surface area contributed by atoms with Crippen LogP contribution in [0.2, 0.25) is 0 Å². The number of halogens is 1. The largest absolute Gasteiger partial charge is 0.513 e. The lowest BCUT2D eigenvalue weighted by molar-refractivity contribution is -0.148. The van der Waals surface area contributed by atoms with E-state index in [1.807, 2.05) is 4.90 Å². The molecule has 0 spiro atoms. The second-order valence-corrected chi connectivity index (χ2v) is 4.05. The quantitative estimate of drug-likeness (QED) is 0.266. The van der Waals surface area contributed by atoms with Crippen LogP contribution in [-0.4, -0.2) is 47.8 Å². The molecule has 0 aromatic heterocycles. The minimum Gasteiger partial charge on any atom is -0.513 e. The fraction of sp³-hybridized carbons (Fsp3) is 0.583. The maximum Gasteiger partial charge on any atom is 0.120 e. The molecular formula is C12H22FN3O3. The molecule has 0 amide bonds. The number of likely N-dealkylation sites (tertiary alicyclic amines) is 1. The zero-order chi connectivity index (χ0) is 14.7. The Morgan fingerprint density at radius 3 is 2.47 bits per heavy atom. The summed E-state index contributed by atoms with van der Waals surface area (Å²) in [6.07, 6.45) is 5.42. The first-order chi connectivity index (χ1) is 9.17. The molecule has 0 aromatic rings. The summed E-state index contributed by atoms with van der Waals surface area (Å²) in [7, 11) is 1.00. The van der Waals surface area contributed by atoms with Crippen LogP contribution in [0.25, 0.3) is 0 Å². The number of aliphatic hydroxyl groups excluding tert-OH is 2. The Kier molecular flexibility index (Phi) is 9.46. The predicted molar refractivity (Wildman–Crippen MR) is 71.3 cm³/mol. The Morgan fingerprint density at radius 1 is 1.42 bits per heavy atom. The van der Waals surface area contributed by atoms with Crippen LogP contribution < -0.4 is 5.73 Å². The fourth-order valence-corrected chi connectivity index (χ4v) is 1.75. The Hall–Kier alpha value is -1.60. The van der Waals surface area contributed by atoms with Crippen molar-refractivity contribution in [3.05, 3.63) is 24.1 Å². The van der Waals surface area contributed by atoms with E-state index in [0.29, 0.717) is 18.9 Å². The van der Waals surface area contributed by atoms with E-state index in [4.69, 9.17) is 21.4 Å². The minimum absolute atomic E-state index is 0.136. The van der Waals surface area contributed by atoms with Gasteiger partial charge < -0.3 is 20.8 Å². The van der Waals surface area contributed by atoms with Crippen molar-refractivity contribution < 1.29 is 19.7 Å². The summed E-state index contributed by atoms with van der Waals surface area (Å²) in [6.45, 7) is 1.55. The Bertz CT molecular complexity index is 313. The molecule has 19 heavy (non-hydrogen) atoms. The number of hydrogen-bond donors (Lipinski definition) is 4.